The maximum atomic E-state index is 6.01. The molecule has 0 atom stereocenters. The number of hydrogen-bond donors (Lipinski definition) is 0. The van der Waals surface area contributed by atoms with E-state index in [1.807, 2.05) is 27.9 Å². The summed E-state index contributed by atoms with van der Waals surface area (Å²) in [4.78, 5) is 10.1. The van der Waals surface area contributed by atoms with Crippen molar-refractivity contribution in [3.8, 4) is 0 Å². The predicted molar refractivity (Wildman–Crippen MR) is 60.5 cm³/mol. The van der Waals surface area contributed by atoms with Gasteiger partial charge in [0.1, 0.15) is 10.3 Å². The normalized spacial score (nSPS) is 10.8. The first kappa shape index (κ1) is 11.5. The highest BCUT2D eigenvalue weighted by Crippen LogP contribution is 2.29. The quantitative estimate of drug-likeness (QED) is 0.736. The third-order valence-electron chi connectivity index (χ3n) is 1.82. The number of rotatable bonds is 2. The van der Waals surface area contributed by atoms with Crippen molar-refractivity contribution < 1.29 is 0 Å². The Morgan fingerprint density at radius 1 is 1.07 bits per heavy atom. The summed E-state index contributed by atoms with van der Waals surface area (Å²) < 4.78 is 0. The third-order valence-corrected chi connectivity index (χ3v) is 2.39. The molecule has 5 heteroatoms. The number of nitrogens with zero attached hydrogens (tertiary/aromatic N) is 3. The lowest BCUT2D eigenvalue weighted by Gasteiger charge is -2.14. The van der Waals surface area contributed by atoms with Gasteiger partial charge in [-0.05, 0) is 5.92 Å². The van der Waals surface area contributed by atoms with Crippen LogP contribution in [0.4, 0.5) is 5.95 Å². The topological polar surface area (TPSA) is 29.0 Å². The van der Waals surface area contributed by atoms with Crippen LogP contribution in [-0.2, 0) is 0 Å². The maximum Gasteiger partial charge on any atom is 0.227 e. The van der Waals surface area contributed by atoms with E-state index in [4.69, 9.17) is 23.2 Å². The molecular formula is C9H13Cl2N3. The Morgan fingerprint density at radius 3 is 1.79 bits per heavy atom. The Morgan fingerprint density at radius 2 is 1.50 bits per heavy atom. The minimum atomic E-state index is 0.228. The Kier molecular flexibility index (Phi) is 3.56. The molecule has 0 aliphatic heterocycles. The van der Waals surface area contributed by atoms with Gasteiger partial charge in [0.15, 0.2) is 0 Å². The fourth-order valence-corrected chi connectivity index (χ4v) is 1.90. The first-order valence-corrected chi connectivity index (χ1v) is 5.09. The first-order valence-electron chi connectivity index (χ1n) is 4.33. The van der Waals surface area contributed by atoms with E-state index in [0.717, 1.165) is 5.56 Å². The zero-order valence-electron chi connectivity index (χ0n) is 8.67. The largest absolute Gasteiger partial charge is 0.347 e. The summed E-state index contributed by atoms with van der Waals surface area (Å²) >= 11 is 12.0. The molecule has 0 radical (unpaired) electrons. The second kappa shape index (κ2) is 4.32. The summed E-state index contributed by atoms with van der Waals surface area (Å²) in [6.45, 7) is 4.01. The van der Waals surface area contributed by atoms with Crippen molar-refractivity contribution in [2.45, 2.75) is 19.8 Å². The molecule has 0 aliphatic rings. The van der Waals surface area contributed by atoms with Gasteiger partial charge in [0.25, 0.3) is 0 Å². The summed E-state index contributed by atoms with van der Waals surface area (Å²) in [5, 5.41) is 0.868. The van der Waals surface area contributed by atoms with Gasteiger partial charge in [-0.25, -0.2) is 9.97 Å². The molecule has 3 nitrogen and oxygen atoms in total. The van der Waals surface area contributed by atoms with Gasteiger partial charge in [0, 0.05) is 19.7 Å². The maximum absolute atomic E-state index is 6.01. The van der Waals surface area contributed by atoms with Gasteiger partial charge in [0.2, 0.25) is 5.95 Å². The van der Waals surface area contributed by atoms with Crippen LogP contribution in [0.25, 0.3) is 0 Å². The van der Waals surface area contributed by atoms with Crippen LogP contribution in [0.2, 0.25) is 10.3 Å². The monoisotopic (exact) mass is 233 g/mol. The standard InChI is InChI=1S/C9H13Cl2N3/c1-5(2)6-7(10)12-9(14(3)4)13-8(6)11/h5H,1-4H3. The van der Waals surface area contributed by atoms with E-state index < -0.39 is 0 Å². The molecular weight excluding hydrogens is 221 g/mol. The highest BCUT2D eigenvalue weighted by molar-refractivity contribution is 6.34. The molecule has 0 aliphatic carbocycles. The Labute approximate surface area is 94.1 Å². The van der Waals surface area contributed by atoms with Crippen LogP contribution in [0.1, 0.15) is 25.3 Å². The zero-order chi connectivity index (χ0) is 10.9. The van der Waals surface area contributed by atoms with Crippen molar-refractivity contribution in [1.29, 1.82) is 0 Å². The molecule has 1 aromatic heterocycles. The molecule has 0 unspecified atom stereocenters. The van der Waals surface area contributed by atoms with E-state index in [-0.39, 0.29) is 5.92 Å². The number of hydrogen-bond acceptors (Lipinski definition) is 3. The van der Waals surface area contributed by atoms with Gasteiger partial charge < -0.3 is 4.90 Å². The summed E-state index contributed by atoms with van der Waals surface area (Å²) in [5.74, 6) is 0.760. The van der Waals surface area contributed by atoms with Crippen molar-refractivity contribution in [1.82, 2.24) is 9.97 Å². The Balaban J connectivity index is 3.25. The van der Waals surface area contributed by atoms with E-state index >= 15 is 0 Å². The second-order valence-corrected chi connectivity index (χ2v) is 4.28. The average Bonchev–Trinajstić information content (AvgIpc) is 2.01. The third kappa shape index (κ3) is 2.28. The average molecular weight is 234 g/mol. The number of aromatic nitrogens is 2. The lowest BCUT2D eigenvalue weighted by atomic mass is 10.1. The minimum absolute atomic E-state index is 0.228. The van der Waals surface area contributed by atoms with Crippen LogP contribution in [0.3, 0.4) is 0 Å². The molecule has 78 valence electrons. The molecule has 0 fully saturated rings. The number of halogens is 2. The van der Waals surface area contributed by atoms with Crippen molar-refractivity contribution in [2.24, 2.45) is 0 Å². The smallest absolute Gasteiger partial charge is 0.227 e. The summed E-state index contributed by atoms with van der Waals surface area (Å²) in [6, 6.07) is 0. The van der Waals surface area contributed by atoms with Gasteiger partial charge in [-0.2, -0.15) is 0 Å². The van der Waals surface area contributed by atoms with E-state index in [2.05, 4.69) is 9.97 Å². The molecule has 0 aromatic carbocycles. The lowest BCUT2D eigenvalue weighted by Crippen LogP contribution is -2.14. The van der Waals surface area contributed by atoms with Crippen molar-refractivity contribution >= 4 is 29.2 Å². The summed E-state index contributed by atoms with van der Waals surface area (Å²) in [6.07, 6.45) is 0. The van der Waals surface area contributed by atoms with E-state index in [9.17, 15) is 0 Å². The molecule has 0 saturated heterocycles. The molecule has 1 aromatic rings. The summed E-state index contributed by atoms with van der Waals surface area (Å²) in [7, 11) is 3.69. The van der Waals surface area contributed by atoms with E-state index in [1.54, 1.807) is 4.90 Å². The highest BCUT2D eigenvalue weighted by Gasteiger charge is 2.15. The van der Waals surface area contributed by atoms with Crippen molar-refractivity contribution in [3.05, 3.63) is 15.9 Å². The van der Waals surface area contributed by atoms with Crippen LogP contribution in [0, 0.1) is 0 Å². The molecule has 0 saturated carbocycles. The fraction of sp³-hybridized carbons (Fsp3) is 0.556. The van der Waals surface area contributed by atoms with Gasteiger partial charge >= 0.3 is 0 Å². The van der Waals surface area contributed by atoms with E-state index in [0.29, 0.717) is 16.3 Å². The van der Waals surface area contributed by atoms with Crippen LogP contribution in [0.5, 0.6) is 0 Å². The summed E-state index contributed by atoms with van der Waals surface area (Å²) in [5.41, 5.74) is 0.805. The predicted octanol–water partition coefficient (Wildman–Crippen LogP) is 2.97. The SMILES string of the molecule is CC(C)c1c(Cl)nc(N(C)C)nc1Cl. The van der Waals surface area contributed by atoms with E-state index in [1.165, 1.54) is 0 Å². The number of anilines is 1. The second-order valence-electron chi connectivity index (χ2n) is 3.57. The Bertz CT molecular complexity index is 314. The molecule has 1 rings (SSSR count). The van der Waals surface area contributed by atoms with Crippen LogP contribution in [0.15, 0.2) is 0 Å². The van der Waals surface area contributed by atoms with Crippen LogP contribution in [-0.4, -0.2) is 24.1 Å². The van der Waals surface area contributed by atoms with Gasteiger partial charge in [-0.15, -0.1) is 0 Å². The lowest BCUT2D eigenvalue weighted by molar-refractivity contribution is 0.841. The van der Waals surface area contributed by atoms with Gasteiger partial charge in [-0.1, -0.05) is 37.0 Å². The highest BCUT2D eigenvalue weighted by atomic mass is 35.5. The van der Waals surface area contributed by atoms with Crippen molar-refractivity contribution in [2.75, 3.05) is 19.0 Å². The van der Waals surface area contributed by atoms with Crippen LogP contribution >= 0.6 is 23.2 Å². The molecule has 14 heavy (non-hydrogen) atoms. The molecule has 0 N–H and O–H groups in total. The van der Waals surface area contributed by atoms with Gasteiger partial charge in [0.05, 0.1) is 0 Å². The first-order chi connectivity index (χ1) is 6.43. The molecule has 0 bridgehead atoms. The molecule has 0 amide bonds. The zero-order valence-corrected chi connectivity index (χ0v) is 10.2. The molecule has 0 spiro atoms. The van der Waals surface area contributed by atoms with Crippen molar-refractivity contribution in [3.63, 3.8) is 0 Å². The molecule has 1 heterocycles. The van der Waals surface area contributed by atoms with Crippen LogP contribution < -0.4 is 4.90 Å². The minimum Gasteiger partial charge on any atom is -0.347 e. The van der Waals surface area contributed by atoms with Gasteiger partial charge in [-0.3, -0.25) is 0 Å². The fourth-order valence-electron chi connectivity index (χ4n) is 1.08. The Hall–Kier alpha value is -0.540.